The predicted molar refractivity (Wildman–Crippen MR) is 130 cm³/mol. The van der Waals surface area contributed by atoms with Crippen molar-refractivity contribution in [2.45, 2.75) is 52.4 Å². The fourth-order valence-corrected chi connectivity index (χ4v) is 3.94. The number of anilines is 2. The molecule has 0 amide bonds. The Hall–Kier alpha value is -2.93. The molecule has 0 spiro atoms. The summed E-state index contributed by atoms with van der Waals surface area (Å²) in [6, 6.07) is 9.67. The molecule has 1 N–H and O–H groups in total. The Morgan fingerprint density at radius 1 is 1.03 bits per heavy atom. The van der Waals surface area contributed by atoms with Gasteiger partial charge in [0.2, 0.25) is 0 Å². The van der Waals surface area contributed by atoms with E-state index in [9.17, 15) is 4.79 Å². The number of unbranched alkanes of at least 4 members (excludes halogenated alkanes) is 5. The normalized spacial score (nSPS) is 10.7. The molecular formula is C25H31N3O3S. The van der Waals surface area contributed by atoms with Gasteiger partial charge < -0.3 is 14.8 Å². The summed E-state index contributed by atoms with van der Waals surface area (Å²) in [6.45, 7) is 5.10. The molecule has 2 heterocycles. The first-order valence-electron chi connectivity index (χ1n) is 11.3. The van der Waals surface area contributed by atoms with E-state index in [0.29, 0.717) is 12.2 Å². The molecule has 170 valence electrons. The molecule has 0 aliphatic heterocycles. The van der Waals surface area contributed by atoms with Crippen molar-refractivity contribution in [3.8, 4) is 17.0 Å². The van der Waals surface area contributed by atoms with Gasteiger partial charge in [-0.25, -0.2) is 9.78 Å². The molecule has 0 aliphatic rings. The molecule has 3 rings (SSSR count). The first kappa shape index (κ1) is 23.7. The molecule has 0 atom stereocenters. The monoisotopic (exact) mass is 453 g/mol. The van der Waals surface area contributed by atoms with Crippen molar-refractivity contribution in [3.05, 3.63) is 53.7 Å². The lowest BCUT2D eigenvalue weighted by Crippen LogP contribution is -2.05. The van der Waals surface area contributed by atoms with E-state index in [-0.39, 0.29) is 5.97 Å². The summed E-state index contributed by atoms with van der Waals surface area (Å²) >= 11 is 1.50. The third kappa shape index (κ3) is 7.34. The van der Waals surface area contributed by atoms with Crippen LogP contribution in [0.25, 0.3) is 11.3 Å². The number of carbonyl (C=O) groups is 1. The molecule has 6 nitrogen and oxygen atoms in total. The van der Waals surface area contributed by atoms with Crippen LogP contribution in [0.2, 0.25) is 0 Å². The third-order valence-electron chi connectivity index (χ3n) is 4.92. The fraction of sp³-hybridized carbons (Fsp3) is 0.400. The van der Waals surface area contributed by atoms with Crippen LogP contribution in [0.15, 0.2) is 48.1 Å². The first-order chi connectivity index (χ1) is 15.7. The van der Waals surface area contributed by atoms with E-state index in [1.54, 1.807) is 19.2 Å². The van der Waals surface area contributed by atoms with Gasteiger partial charge in [0.15, 0.2) is 5.13 Å². The summed E-state index contributed by atoms with van der Waals surface area (Å²) in [5.74, 6) is 0.500. The summed E-state index contributed by atoms with van der Waals surface area (Å²) in [5, 5.41) is 6.02. The minimum atomic E-state index is -0.380. The Labute approximate surface area is 194 Å². The van der Waals surface area contributed by atoms with Gasteiger partial charge in [0, 0.05) is 29.0 Å². The number of rotatable bonds is 13. The van der Waals surface area contributed by atoms with Crippen molar-refractivity contribution in [3.63, 3.8) is 0 Å². The highest BCUT2D eigenvalue weighted by Gasteiger charge is 2.11. The summed E-state index contributed by atoms with van der Waals surface area (Å²) in [7, 11) is 0. The van der Waals surface area contributed by atoms with E-state index in [0.717, 1.165) is 40.9 Å². The second kappa shape index (κ2) is 12.8. The number of aromatic nitrogens is 2. The van der Waals surface area contributed by atoms with Crippen LogP contribution in [0.5, 0.6) is 5.75 Å². The van der Waals surface area contributed by atoms with E-state index in [1.807, 2.05) is 29.6 Å². The summed E-state index contributed by atoms with van der Waals surface area (Å²) in [5.41, 5.74) is 2.90. The maximum atomic E-state index is 11.9. The van der Waals surface area contributed by atoms with E-state index in [2.05, 4.69) is 22.2 Å². The molecule has 0 aliphatic carbocycles. The number of benzene rings is 1. The largest absolute Gasteiger partial charge is 0.494 e. The molecule has 7 heteroatoms. The average Bonchev–Trinajstić information content (AvgIpc) is 3.28. The molecule has 3 aromatic rings. The molecule has 2 aromatic heterocycles. The van der Waals surface area contributed by atoms with E-state index >= 15 is 0 Å². The lowest BCUT2D eigenvalue weighted by atomic mass is 10.1. The van der Waals surface area contributed by atoms with Crippen molar-refractivity contribution in [1.82, 2.24) is 9.97 Å². The van der Waals surface area contributed by atoms with E-state index in [4.69, 9.17) is 9.47 Å². The zero-order chi connectivity index (χ0) is 22.6. The van der Waals surface area contributed by atoms with Crippen molar-refractivity contribution < 1.29 is 14.3 Å². The molecule has 0 saturated heterocycles. The van der Waals surface area contributed by atoms with Crippen LogP contribution in [-0.4, -0.2) is 29.2 Å². The molecule has 0 radical (unpaired) electrons. The second-order valence-electron chi connectivity index (χ2n) is 7.49. The van der Waals surface area contributed by atoms with Crippen molar-refractivity contribution >= 4 is 28.1 Å². The Bertz CT molecular complexity index is 973. The lowest BCUT2D eigenvalue weighted by molar-refractivity contribution is 0.0526. The van der Waals surface area contributed by atoms with Crippen LogP contribution >= 0.6 is 11.3 Å². The Morgan fingerprint density at radius 3 is 2.59 bits per heavy atom. The van der Waals surface area contributed by atoms with Gasteiger partial charge >= 0.3 is 5.97 Å². The van der Waals surface area contributed by atoms with E-state index < -0.39 is 0 Å². The standard InChI is InChI=1S/C25H31N3O3S/c1-3-5-6-7-8-9-14-31-22-12-10-21(11-13-22)27-25-28-23(18-32-25)19-15-20(17-26-16-19)24(29)30-4-2/h10-13,15-18H,3-9,14H2,1-2H3,(H,27,28). The average molecular weight is 454 g/mol. The Morgan fingerprint density at radius 2 is 1.81 bits per heavy atom. The fourth-order valence-electron chi connectivity index (χ4n) is 3.20. The van der Waals surface area contributed by atoms with Gasteiger partial charge in [-0.1, -0.05) is 39.0 Å². The van der Waals surface area contributed by atoms with Crippen LogP contribution in [0.1, 0.15) is 62.7 Å². The predicted octanol–water partition coefficient (Wildman–Crippen LogP) is 6.86. The molecule has 1 aromatic carbocycles. The van der Waals surface area contributed by atoms with Crippen LogP contribution in [-0.2, 0) is 4.74 Å². The highest BCUT2D eigenvalue weighted by Crippen LogP contribution is 2.28. The number of pyridine rings is 1. The van der Waals surface area contributed by atoms with E-state index in [1.165, 1.54) is 49.6 Å². The minimum absolute atomic E-state index is 0.330. The maximum Gasteiger partial charge on any atom is 0.339 e. The van der Waals surface area contributed by atoms with Gasteiger partial charge in [-0.2, -0.15) is 0 Å². The SMILES string of the molecule is CCCCCCCCOc1ccc(Nc2nc(-c3cncc(C(=O)OCC)c3)cs2)cc1. The second-order valence-corrected chi connectivity index (χ2v) is 8.34. The number of carbonyl (C=O) groups excluding carboxylic acids is 1. The number of esters is 1. The molecule has 0 saturated carbocycles. The van der Waals surface area contributed by atoms with Gasteiger partial charge in [-0.15, -0.1) is 11.3 Å². The number of thiazole rings is 1. The summed E-state index contributed by atoms with van der Waals surface area (Å²) < 4.78 is 10.9. The van der Waals surface area contributed by atoms with Gasteiger partial charge in [-0.05, 0) is 43.7 Å². The summed E-state index contributed by atoms with van der Waals surface area (Å²) in [6.07, 6.45) is 10.7. The van der Waals surface area contributed by atoms with Crippen LogP contribution in [0, 0.1) is 0 Å². The molecular weight excluding hydrogens is 422 g/mol. The number of hydrogen-bond acceptors (Lipinski definition) is 7. The highest BCUT2D eigenvalue weighted by atomic mass is 32.1. The third-order valence-corrected chi connectivity index (χ3v) is 5.68. The van der Waals surface area contributed by atoms with Crippen LogP contribution in [0.4, 0.5) is 10.8 Å². The van der Waals surface area contributed by atoms with Gasteiger partial charge in [0.25, 0.3) is 0 Å². The summed E-state index contributed by atoms with van der Waals surface area (Å²) in [4.78, 5) is 20.7. The lowest BCUT2D eigenvalue weighted by Gasteiger charge is -2.08. The topological polar surface area (TPSA) is 73.3 Å². The van der Waals surface area contributed by atoms with Crippen LogP contribution < -0.4 is 10.1 Å². The quantitative estimate of drug-likeness (QED) is 0.225. The van der Waals surface area contributed by atoms with Crippen molar-refractivity contribution in [2.24, 2.45) is 0 Å². The first-order valence-corrected chi connectivity index (χ1v) is 12.2. The zero-order valence-electron chi connectivity index (χ0n) is 18.8. The van der Waals surface area contributed by atoms with Crippen LogP contribution in [0.3, 0.4) is 0 Å². The number of nitrogens with one attached hydrogen (secondary N) is 1. The highest BCUT2D eigenvalue weighted by molar-refractivity contribution is 7.14. The molecule has 32 heavy (non-hydrogen) atoms. The van der Waals surface area contributed by atoms with Crippen molar-refractivity contribution in [1.29, 1.82) is 0 Å². The van der Waals surface area contributed by atoms with Gasteiger partial charge in [0.05, 0.1) is 24.5 Å². The zero-order valence-corrected chi connectivity index (χ0v) is 19.6. The Kier molecular flexibility index (Phi) is 9.50. The number of hydrogen-bond donors (Lipinski definition) is 1. The molecule has 0 bridgehead atoms. The number of nitrogens with zero attached hydrogens (tertiary/aromatic N) is 2. The van der Waals surface area contributed by atoms with Gasteiger partial charge in [-0.3, -0.25) is 4.98 Å². The molecule has 0 unspecified atom stereocenters. The van der Waals surface area contributed by atoms with Gasteiger partial charge in [0.1, 0.15) is 5.75 Å². The number of ether oxygens (including phenoxy) is 2. The Balaban J connectivity index is 1.50. The molecule has 0 fully saturated rings. The maximum absolute atomic E-state index is 11.9. The smallest absolute Gasteiger partial charge is 0.339 e. The minimum Gasteiger partial charge on any atom is -0.494 e. The van der Waals surface area contributed by atoms with Crippen molar-refractivity contribution in [2.75, 3.05) is 18.5 Å².